The van der Waals surface area contributed by atoms with Gasteiger partial charge in [-0.3, -0.25) is 0 Å². The maximum atomic E-state index is 12.9. The molecule has 0 aliphatic carbocycles. The first-order valence-electron chi connectivity index (χ1n) is 5.21. The molecule has 17 heavy (non-hydrogen) atoms. The Balaban J connectivity index is 2.33. The van der Waals surface area contributed by atoms with E-state index in [1.807, 2.05) is 11.8 Å². The molecular weight excluding hydrogens is 332 g/mol. The highest BCUT2D eigenvalue weighted by Gasteiger charge is 2.09. The summed E-state index contributed by atoms with van der Waals surface area (Å²) in [7, 11) is 0. The molecule has 0 bridgehead atoms. The lowest BCUT2D eigenvalue weighted by Crippen LogP contribution is -2.18. The number of rotatable bonds is 3. The van der Waals surface area contributed by atoms with Crippen LogP contribution in [0.1, 0.15) is 6.92 Å². The Morgan fingerprint density at radius 2 is 1.76 bits per heavy atom. The van der Waals surface area contributed by atoms with E-state index >= 15 is 0 Å². The van der Waals surface area contributed by atoms with Crippen LogP contribution in [0.2, 0.25) is 0 Å². The Morgan fingerprint density at radius 3 is 2.29 bits per heavy atom. The summed E-state index contributed by atoms with van der Waals surface area (Å²) in [6, 6.07) is 6.32. The van der Waals surface area contributed by atoms with E-state index in [0.29, 0.717) is 5.95 Å². The van der Waals surface area contributed by atoms with Crippen LogP contribution >= 0.6 is 22.6 Å². The molecule has 1 aromatic carbocycles. The van der Waals surface area contributed by atoms with Gasteiger partial charge in [0.1, 0.15) is 5.82 Å². The van der Waals surface area contributed by atoms with Gasteiger partial charge in [-0.2, -0.15) is 0 Å². The van der Waals surface area contributed by atoms with Gasteiger partial charge in [-0.1, -0.05) is 0 Å². The molecule has 88 valence electrons. The van der Waals surface area contributed by atoms with Crippen molar-refractivity contribution in [3.63, 3.8) is 0 Å². The second kappa shape index (κ2) is 5.39. The van der Waals surface area contributed by atoms with E-state index in [2.05, 4.69) is 32.6 Å². The van der Waals surface area contributed by atoms with Crippen molar-refractivity contribution in [2.75, 3.05) is 11.4 Å². The average molecular weight is 343 g/mol. The second-order valence-electron chi connectivity index (χ2n) is 3.42. The summed E-state index contributed by atoms with van der Waals surface area (Å²) < 4.78 is 13.8. The fourth-order valence-corrected chi connectivity index (χ4v) is 1.78. The molecule has 0 unspecified atom stereocenters. The lowest BCUT2D eigenvalue weighted by atomic mass is 10.3. The minimum Gasteiger partial charge on any atom is -0.311 e. The molecule has 0 amide bonds. The SMILES string of the molecule is CCN(c1ccc(F)cc1)c1ncc(I)cn1. The predicted molar refractivity (Wildman–Crippen MR) is 73.8 cm³/mol. The standard InChI is InChI=1S/C12H11FIN3/c1-2-17(11-5-3-9(13)4-6-11)12-15-7-10(14)8-16-12/h3-8H,2H2,1H3. The number of hydrogen-bond acceptors (Lipinski definition) is 3. The molecule has 1 aromatic heterocycles. The Bertz CT molecular complexity index is 439. The molecule has 0 saturated heterocycles. The first-order valence-corrected chi connectivity index (χ1v) is 6.29. The van der Waals surface area contributed by atoms with Crippen LogP contribution in [0.15, 0.2) is 36.7 Å². The van der Waals surface area contributed by atoms with Crippen molar-refractivity contribution in [2.45, 2.75) is 6.92 Å². The number of aromatic nitrogens is 2. The van der Waals surface area contributed by atoms with Crippen molar-refractivity contribution in [1.82, 2.24) is 9.97 Å². The number of anilines is 2. The number of hydrogen-bond donors (Lipinski definition) is 0. The van der Waals surface area contributed by atoms with Crippen molar-refractivity contribution in [2.24, 2.45) is 0 Å². The molecule has 0 aliphatic rings. The molecule has 2 rings (SSSR count). The zero-order chi connectivity index (χ0) is 12.3. The highest BCUT2D eigenvalue weighted by molar-refractivity contribution is 14.1. The normalized spacial score (nSPS) is 10.3. The van der Waals surface area contributed by atoms with E-state index in [0.717, 1.165) is 15.8 Å². The fraction of sp³-hybridized carbons (Fsp3) is 0.167. The maximum Gasteiger partial charge on any atom is 0.229 e. The number of benzene rings is 1. The summed E-state index contributed by atoms with van der Waals surface area (Å²) in [5.41, 5.74) is 0.884. The van der Waals surface area contributed by atoms with Gasteiger partial charge >= 0.3 is 0 Å². The van der Waals surface area contributed by atoms with Crippen LogP contribution in [0, 0.1) is 9.39 Å². The Kier molecular flexibility index (Phi) is 3.88. The van der Waals surface area contributed by atoms with Crippen molar-refractivity contribution in [3.05, 3.63) is 46.0 Å². The largest absolute Gasteiger partial charge is 0.311 e. The first-order chi connectivity index (χ1) is 8.20. The quantitative estimate of drug-likeness (QED) is 0.800. The topological polar surface area (TPSA) is 29.0 Å². The van der Waals surface area contributed by atoms with Crippen LogP contribution in [-0.4, -0.2) is 16.5 Å². The van der Waals surface area contributed by atoms with Crippen molar-refractivity contribution in [1.29, 1.82) is 0 Å². The van der Waals surface area contributed by atoms with Crippen molar-refractivity contribution < 1.29 is 4.39 Å². The van der Waals surface area contributed by atoms with Crippen LogP contribution in [0.4, 0.5) is 16.0 Å². The molecule has 0 aliphatic heterocycles. The van der Waals surface area contributed by atoms with Crippen LogP contribution in [-0.2, 0) is 0 Å². The molecule has 0 radical (unpaired) electrons. The van der Waals surface area contributed by atoms with Gasteiger partial charge in [0.2, 0.25) is 5.95 Å². The second-order valence-corrected chi connectivity index (χ2v) is 4.67. The summed E-state index contributed by atoms with van der Waals surface area (Å²) in [6.07, 6.45) is 3.52. The Morgan fingerprint density at radius 1 is 1.18 bits per heavy atom. The zero-order valence-corrected chi connectivity index (χ0v) is 11.4. The minimum absolute atomic E-state index is 0.242. The third kappa shape index (κ3) is 2.91. The lowest BCUT2D eigenvalue weighted by Gasteiger charge is -2.20. The molecule has 1 heterocycles. The van der Waals surface area contributed by atoms with Gasteiger partial charge in [-0.15, -0.1) is 0 Å². The molecule has 2 aromatic rings. The van der Waals surface area contributed by atoms with E-state index in [1.165, 1.54) is 12.1 Å². The van der Waals surface area contributed by atoms with E-state index in [9.17, 15) is 4.39 Å². The van der Waals surface area contributed by atoms with Crippen molar-refractivity contribution in [3.8, 4) is 0 Å². The highest BCUT2D eigenvalue weighted by atomic mass is 127. The van der Waals surface area contributed by atoms with Gasteiger partial charge in [0.05, 0.1) is 0 Å². The molecule has 0 N–H and O–H groups in total. The third-order valence-corrected chi connectivity index (χ3v) is 2.86. The van der Waals surface area contributed by atoms with Crippen LogP contribution in [0.5, 0.6) is 0 Å². The first kappa shape index (κ1) is 12.2. The van der Waals surface area contributed by atoms with Gasteiger partial charge < -0.3 is 4.90 Å². The van der Waals surface area contributed by atoms with E-state index in [-0.39, 0.29) is 5.82 Å². The van der Waals surface area contributed by atoms with Crippen LogP contribution in [0.3, 0.4) is 0 Å². The molecule has 0 spiro atoms. The Hall–Kier alpha value is -1.24. The van der Waals surface area contributed by atoms with E-state index in [1.54, 1.807) is 24.5 Å². The van der Waals surface area contributed by atoms with Crippen molar-refractivity contribution >= 4 is 34.2 Å². The lowest BCUT2D eigenvalue weighted by molar-refractivity contribution is 0.627. The summed E-state index contributed by atoms with van der Waals surface area (Å²) >= 11 is 2.16. The van der Waals surface area contributed by atoms with Gasteiger partial charge in [0.15, 0.2) is 0 Å². The van der Waals surface area contributed by atoms with Gasteiger partial charge in [0.25, 0.3) is 0 Å². The van der Waals surface area contributed by atoms with Crippen LogP contribution in [0.25, 0.3) is 0 Å². The number of nitrogens with zero attached hydrogens (tertiary/aromatic N) is 3. The average Bonchev–Trinajstić information content (AvgIpc) is 2.35. The van der Waals surface area contributed by atoms with E-state index < -0.39 is 0 Å². The predicted octanol–water partition coefficient (Wildman–Crippen LogP) is 3.38. The highest BCUT2D eigenvalue weighted by Crippen LogP contribution is 2.21. The summed E-state index contributed by atoms with van der Waals surface area (Å²) in [4.78, 5) is 10.4. The Labute approximate surface area is 113 Å². The van der Waals surface area contributed by atoms with Gasteiger partial charge in [0, 0.05) is 28.2 Å². The van der Waals surface area contributed by atoms with Crippen LogP contribution < -0.4 is 4.90 Å². The van der Waals surface area contributed by atoms with Gasteiger partial charge in [-0.05, 0) is 53.8 Å². The zero-order valence-electron chi connectivity index (χ0n) is 9.27. The summed E-state index contributed by atoms with van der Waals surface area (Å²) in [5, 5.41) is 0. The summed E-state index contributed by atoms with van der Waals surface area (Å²) in [5.74, 6) is 0.382. The fourth-order valence-electron chi connectivity index (χ4n) is 1.51. The summed E-state index contributed by atoms with van der Waals surface area (Å²) in [6.45, 7) is 2.73. The molecule has 0 saturated carbocycles. The monoisotopic (exact) mass is 343 g/mol. The smallest absolute Gasteiger partial charge is 0.229 e. The molecule has 3 nitrogen and oxygen atoms in total. The molecular formula is C12H11FIN3. The minimum atomic E-state index is -0.242. The van der Waals surface area contributed by atoms with Gasteiger partial charge in [-0.25, -0.2) is 14.4 Å². The maximum absolute atomic E-state index is 12.9. The molecule has 5 heteroatoms. The molecule has 0 atom stereocenters. The third-order valence-electron chi connectivity index (χ3n) is 2.30. The van der Waals surface area contributed by atoms with E-state index in [4.69, 9.17) is 0 Å². The number of halogens is 2. The molecule has 0 fully saturated rings.